The summed E-state index contributed by atoms with van der Waals surface area (Å²) in [7, 11) is 0. The second-order valence-electron chi connectivity index (χ2n) is 7.27. The lowest BCUT2D eigenvalue weighted by atomic mass is 10.1. The van der Waals surface area contributed by atoms with Crippen molar-refractivity contribution in [3.05, 3.63) is 78.8 Å². The van der Waals surface area contributed by atoms with Crippen molar-refractivity contribution < 1.29 is 18.4 Å². The lowest BCUT2D eigenvalue weighted by molar-refractivity contribution is 0.262. The maximum Gasteiger partial charge on any atom is 0.323 e. The third-order valence-electron chi connectivity index (χ3n) is 4.57. The molecule has 0 saturated heterocycles. The summed E-state index contributed by atoms with van der Waals surface area (Å²) < 4.78 is 25.1. The van der Waals surface area contributed by atoms with Crippen LogP contribution in [0, 0.1) is 5.82 Å². The molecule has 0 atom stereocenters. The number of hydrogen-bond donors (Lipinski definition) is 2. The van der Waals surface area contributed by atoms with Crippen LogP contribution in [0.1, 0.15) is 25.3 Å². The Balaban J connectivity index is 1.42. The highest BCUT2D eigenvalue weighted by molar-refractivity contribution is 5.99. The van der Waals surface area contributed by atoms with E-state index in [4.69, 9.17) is 9.26 Å². The quantitative estimate of drug-likeness (QED) is 0.397. The number of nitrogens with one attached hydrogen (secondary N) is 2. The molecule has 2 N–H and O–H groups in total. The molecule has 0 bridgehead atoms. The van der Waals surface area contributed by atoms with Crippen molar-refractivity contribution in [3.63, 3.8) is 0 Å². The van der Waals surface area contributed by atoms with Gasteiger partial charge in [-0.05, 0) is 35.7 Å². The van der Waals surface area contributed by atoms with E-state index in [-0.39, 0.29) is 17.4 Å². The maximum absolute atomic E-state index is 14.6. The van der Waals surface area contributed by atoms with E-state index in [1.165, 1.54) is 30.8 Å². The summed E-state index contributed by atoms with van der Waals surface area (Å²) in [4.78, 5) is 20.6. The van der Waals surface area contributed by atoms with Crippen LogP contribution in [0.15, 0.2) is 72.0 Å². The molecule has 8 nitrogen and oxygen atoms in total. The van der Waals surface area contributed by atoms with E-state index in [1.54, 1.807) is 30.6 Å². The number of carbonyl (C=O) groups is 1. The van der Waals surface area contributed by atoms with E-state index in [1.807, 2.05) is 19.9 Å². The largest absolute Gasteiger partial charge is 0.457 e. The zero-order valence-corrected chi connectivity index (χ0v) is 17.4. The zero-order valence-electron chi connectivity index (χ0n) is 17.4. The molecule has 2 amide bonds. The molecule has 0 fully saturated rings. The van der Waals surface area contributed by atoms with Crippen molar-refractivity contribution in [2.45, 2.75) is 19.8 Å². The SMILES string of the molecule is CC(C)c1cncc(NC(=O)Nc2ccc(Oc3ccnc(-c4cnoc4)c3)cc2F)c1. The predicted octanol–water partition coefficient (Wildman–Crippen LogP) is 5.83. The van der Waals surface area contributed by atoms with Gasteiger partial charge in [-0.25, -0.2) is 9.18 Å². The summed E-state index contributed by atoms with van der Waals surface area (Å²) >= 11 is 0. The number of benzene rings is 1. The summed E-state index contributed by atoms with van der Waals surface area (Å²) in [6.07, 6.45) is 7.83. The molecule has 4 rings (SSSR count). The van der Waals surface area contributed by atoms with Crippen LogP contribution in [0.25, 0.3) is 11.3 Å². The van der Waals surface area contributed by atoms with Crippen molar-refractivity contribution in [2.24, 2.45) is 0 Å². The van der Waals surface area contributed by atoms with Crippen LogP contribution in [-0.2, 0) is 0 Å². The van der Waals surface area contributed by atoms with Crippen molar-refractivity contribution >= 4 is 17.4 Å². The number of anilines is 2. The first kappa shape index (κ1) is 21.0. The molecular weight excluding hydrogens is 413 g/mol. The van der Waals surface area contributed by atoms with Gasteiger partial charge in [-0.2, -0.15) is 0 Å². The van der Waals surface area contributed by atoms with E-state index >= 15 is 0 Å². The standard InChI is InChI=1S/C23H20FN5O3/c1-14(2)15-7-17(12-25-10-15)28-23(30)29-21-4-3-18(8-20(21)24)32-19-5-6-26-22(9-19)16-11-27-31-13-16/h3-14H,1-2H3,(H2,28,29,30). The Morgan fingerprint density at radius 2 is 1.91 bits per heavy atom. The normalized spacial score (nSPS) is 10.8. The molecule has 0 aliphatic carbocycles. The minimum atomic E-state index is -0.639. The molecule has 162 valence electrons. The minimum absolute atomic E-state index is 0.0164. The highest BCUT2D eigenvalue weighted by atomic mass is 19.1. The average molecular weight is 433 g/mol. The highest BCUT2D eigenvalue weighted by Gasteiger charge is 2.11. The van der Waals surface area contributed by atoms with E-state index in [0.29, 0.717) is 22.7 Å². The Bertz CT molecular complexity index is 1230. The Labute approximate surface area is 183 Å². The number of carbonyl (C=O) groups excluding carboxylic acids is 1. The van der Waals surface area contributed by atoms with Crippen molar-refractivity contribution in [1.29, 1.82) is 0 Å². The van der Waals surface area contributed by atoms with Gasteiger partial charge in [0.25, 0.3) is 0 Å². The van der Waals surface area contributed by atoms with E-state index in [0.717, 1.165) is 5.56 Å². The van der Waals surface area contributed by atoms with E-state index < -0.39 is 11.8 Å². The van der Waals surface area contributed by atoms with Crippen molar-refractivity contribution in [2.75, 3.05) is 10.6 Å². The van der Waals surface area contributed by atoms with E-state index in [2.05, 4.69) is 25.8 Å². The predicted molar refractivity (Wildman–Crippen MR) is 117 cm³/mol. The van der Waals surface area contributed by atoms with E-state index in [9.17, 15) is 9.18 Å². The number of halogens is 1. The van der Waals surface area contributed by atoms with Crippen molar-refractivity contribution in [1.82, 2.24) is 15.1 Å². The lowest BCUT2D eigenvalue weighted by Crippen LogP contribution is -2.20. The molecule has 0 aliphatic heterocycles. The molecule has 0 radical (unpaired) electrons. The minimum Gasteiger partial charge on any atom is -0.457 e. The molecule has 9 heteroatoms. The number of urea groups is 1. The first-order valence-electron chi connectivity index (χ1n) is 9.84. The van der Waals surface area contributed by atoms with Gasteiger partial charge in [0.15, 0.2) is 0 Å². The van der Waals surface area contributed by atoms with Crippen LogP contribution in [0.5, 0.6) is 11.5 Å². The number of nitrogens with zero attached hydrogens (tertiary/aromatic N) is 3. The zero-order chi connectivity index (χ0) is 22.5. The smallest absolute Gasteiger partial charge is 0.323 e. The van der Waals surface area contributed by atoms with Crippen molar-refractivity contribution in [3.8, 4) is 22.8 Å². The van der Waals surface area contributed by atoms with Gasteiger partial charge in [0.2, 0.25) is 0 Å². The molecule has 0 aliphatic rings. The molecule has 3 heterocycles. The van der Waals surface area contributed by atoms with Gasteiger partial charge < -0.3 is 19.9 Å². The number of ether oxygens (including phenoxy) is 1. The summed E-state index contributed by atoms with van der Waals surface area (Å²) in [5.41, 5.74) is 2.83. The number of pyridine rings is 2. The highest BCUT2D eigenvalue weighted by Crippen LogP contribution is 2.28. The van der Waals surface area contributed by atoms with Crippen LogP contribution in [0.2, 0.25) is 0 Å². The monoisotopic (exact) mass is 433 g/mol. The molecular formula is C23H20FN5O3. The Morgan fingerprint density at radius 3 is 2.66 bits per heavy atom. The Morgan fingerprint density at radius 1 is 1.06 bits per heavy atom. The van der Waals surface area contributed by atoms with Gasteiger partial charge in [-0.3, -0.25) is 9.97 Å². The molecule has 0 unspecified atom stereocenters. The number of amides is 2. The molecule has 1 aromatic carbocycles. The fourth-order valence-electron chi connectivity index (χ4n) is 2.89. The molecule has 32 heavy (non-hydrogen) atoms. The van der Waals surface area contributed by atoms with Crippen LogP contribution in [0.3, 0.4) is 0 Å². The molecule has 0 spiro atoms. The van der Waals surface area contributed by atoms with Gasteiger partial charge >= 0.3 is 6.03 Å². The summed E-state index contributed by atoms with van der Waals surface area (Å²) in [5.74, 6) is 0.362. The third-order valence-corrected chi connectivity index (χ3v) is 4.57. The summed E-state index contributed by atoms with van der Waals surface area (Å²) in [6, 6.07) is 8.75. The summed E-state index contributed by atoms with van der Waals surface area (Å²) in [5, 5.41) is 8.79. The van der Waals surface area contributed by atoms with Crippen LogP contribution >= 0.6 is 0 Å². The molecule has 4 aromatic rings. The van der Waals surface area contributed by atoms with Gasteiger partial charge in [-0.15, -0.1) is 0 Å². The lowest BCUT2D eigenvalue weighted by Gasteiger charge is -2.12. The average Bonchev–Trinajstić information content (AvgIpc) is 3.31. The fourth-order valence-corrected chi connectivity index (χ4v) is 2.89. The van der Waals surface area contributed by atoms with Crippen LogP contribution < -0.4 is 15.4 Å². The summed E-state index contributed by atoms with van der Waals surface area (Å²) in [6.45, 7) is 4.06. The first-order valence-corrected chi connectivity index (χ1v) is 9.84. The fraction of sp³-hybridized carbons (Fsp3) is 0.130. The van der Waals surface area contributed by atoms with Gasteiger partial charge in [-0.1, -0.05) is 19.0 Å². The van der Waals surface area contributed by atoms with Crippen LogP contribution in [0.4, 0.5) is 20.6 Å². The first-order chi connectivity index (χ1) is 15.5. The second kappa shape index (κ2) is 9.25. The number of hydrogen-bond acceptors (Lipinski definition) is 6. The second-order valence-corrected chi connectivity index (χ2v) is 7.27. The van der Waals surface area contributed by atoms with Crippen LogP contribution in [-0.4, -0.2) is 21.2 Å². The Kier molecular flexibility index (Phi) is 6.07. The van der Waals surface area contributed by atoms with Gasteiger partial charge in [0.05, 0.1) is 35.0 Å². The third kappa shape index (κ3) is 5.07. The maximum atomic E-state index is 14.6. The number of rotatable bonds is 6. The Hall–Kier alpha value is -4.27. The topological polar surface area (TPSA) is 102 Å². The molecule has 0 saturated carbocycles. The number of aromatic nitrogens is 3. The van der Waals surface area contributed by atoms with Gasteiger partial charge in [0.1, 0.15) is 23.6 Å². The molecule has 3 aromatic heterocycles. The van der Waals surface area contributed by atoms with Gasteiger partial charge in [0, 0.05) is 24.5 Å².